The van der Waals surface area contributed by atoms with Crippen LogP contribution in [0.5, 0.6) is 0 Å². The molecule has 0 unspecified atom stereocenters. The summed E-state index contributed by atoms with van der Waals surface area (Å²) >= 11 is 0. The summed E-state index contributed by atoms with van der Waals surface area (Å²) in [4.78, 5) is 0. The van der Waals surface area contributed by atoms with E-state index >= 15 is 0 Å². The molecule has 86 valence electrons. The Hall–Kier alpha value is -0.860. The molecule has 0 saturated heterocycles. The highest BCUT2D eigenvalue weighted by atomic mass is 16.2. The summed E-state index contributed by atoms with van der Waals surface area (Å²) in [6.45, 7) is 6.53. The second kappa shape index (κ2) is 11.2. The lowest BCUT2D eigenvalue weighted by atomic mass is 10.2. The van der Waals surface area contributed by atoms with Crippen molar-refractivity contribution in [3.63, 3.8) is 0 Å². The van der Waals surface area contributed by atoms with Gasteiger partial charge in [0.2, 0.25) is 0 Å². The van der Waals surface area contributed by atoms with Crippen molar-refractivity contribution in [2.75, 3.05) is 13.2 Å². The first-order chi connectivity index (χ1) is 7.35. The van der Waals surface area contributed by atoms with Crippen LogP contribution in [0.25, 0.3) is 0 Å². The van der Waals surface area contributed by atoms with E-state index in [9.17, 15) is 0 Å². The predicted molar refractivity (Wildman–Crippen MR) is 65.8 cm³/mol. The number of benzene rings is 1. The molecule has 0 aliphatic heterocycles. The molecule has 0 radical (unpaired) electrons. The van der Waals surface area contributed by atoms with E-state index in [0.29, 0.717) is 6.61 Å². The number of aliphatic hydroxyl groups is 1. The van der Waals surface area contributed by atoms with Gasteiger partial charge in [-0.25, -0.2) is 0 Å². The van der Waals surface area contributed by atoms with Crippen LogP contribution >= 0.6 is 0 Å². The van der Waals surface area contributed by atoms with Crippen molar-refractivity contribution in [1.29, 1.82) is 0 Å². The van der Waals surface area contributed by atoms with Crippen LogP contribution in [0.1, 0.15) is 32.3 Å². The Morgan fingerprint density at radius 3 is 2.13 bits per heavy atom. The molecule has 1 rings (SSSR count). The first-order valence-corrected chi connectivity index (χ1v) is 5.70. The summed E-state index contributed by atoms with van der Waals surface area (Å²) in [5.74, 6) is 0. The molecule has 0 bridgehead atoms. The van der Waals surface area contributed by atoms with E-state index in [2.05, 4.69) is 36.5 Å². The Morgan fingerprint density at radius 1 is 1.07 bits per heavy atom. The fourth-order valence-electron chi connectivity index (χ4n) is 1.01. The molecule has 0 fully saturated rings. The Kier molecular flexibility index (Phi) is 10.6. The molecule has 1 aromatic rings. The van der Waals surface area contributed by atoms with Crippen molar-refractivity contribution in [2.24, 2.45) is 0 Å². The van der Waals surface area contributed by atoms with Crippen LogP contribution in [0.4, 0.5) is 0 Å². The SMILES string of the molecule is CCCNCc1ccccc1.CCCO. The minimum Gasteiger partial charge on any atom is -0.396 e. The highest BCUT2D eigenvalue weighted by Gasteiger charge is 1.87. The molecule has 0 spiro atoms. The van der Waals surface area contributed by atoms with Gasteiger partial charge in [-0.2, -0.15) is 0 Å². The van der Waals surface area contributed by atoms with Crippen molar-refractivity contribution < 1.29 is 5.11 Å². The quantitative estimate of drug-likeness (QED) is 0.731. The Labute approximate surface area is 93.3 Å². The molecule has 0 heterocycles. The van der Waals surface area contributed by atoms with Crippen molar-refractivity contribution in [2.45, 2.75) is 33.2 Å². The molecule has 2 nitrogen and oxygen atoms in total. The molecule has 2 heteroatoms. The molecule has 2 N–H and O–H groups in total. The summed E-state index contributed by atoms with van der Waals surface area (Å²) in [5.41, 5.74) is 1.36. The molecule has 0 aliphatic rings. The largest absolute Gasteiger partial charge is 0.396 e. The first-order valence-electron chi connectivity index (χ1n) is 5.70. The number of hydrogen-bond donors (Lipinski definition) is 2. The number of nitrogens with one attached hydrogen (secondary N) is 1. The van der Waals surface area contributed by atoms with Gasteiger partial charge in [-0.15, -0.1) is 0 Å². The molecule has 0 atom stereocenters. The van der Waals surface area contributed by atoms with Gasteiger partial charge in [0.15, 0.2) is 0 Å². The Morgan fingerprint density at radius 2 is 1.67 bits per heavy atom. The number of aliphatic hydroxyl groups excluding tert-OH is 1. The fraction of sp³-hybridized carbons (Fsp3) is 0.538. The van der Waals surface area contributed by atoms with E-state index < -0.39 is 0 Å². The smallest absolute Gasteiger partial charge is 0.0428 e. The van der Waals surface area contributed by atoms with Crippen molar-refractivity contribution >= 4 is 0 Å². The summed E-state index contributed by atoms with van der Waals surface area (Å²) in [7, 11) is 0. The van der Waals surface area contributed by atoms with Crippen LogP contribution in [-0.4, -0.2) is 18.3 Å². The van der Waals surface area contributed by atoms with Crippen LogP contribution in [0, 0.1) is 0 Å². The normalized spacial score (nSPS) is 9.27. The summed E-state index contributed by atoms with van der Waals surface area (Å²) in [6.07, 6.45) is 2.08. The Bertz CT molecular complexity index is 209. The van der Waals surface area contributed by atoms with Crippen molar-refractivity contribution in [1.82, 2.24) is 5.32 Å². The summed E-state index contributed by atoms with van der Waals surface area (Å²) in [6, 6.07) is 10.5. The highest BCUT2D eigenvalue weighted by molar-refractivity contribution is 5.14. The second-order valence-electron chi connectivity index (χ2n) is 3.39. The molecule has 15 heavy (non-hydrogen) atoms. The first kappa shape index (κ1) is 14.1. The van der Waals surface area contributed by atoms with E-state index in [1.807, 2.05) is 13.0 Å². The Balaban J connectivity index is 0.000000423. The third-order valence-corrected chi connectivity index (χ3v) is 1.82. The monoisotopic (exact) mass is 209 g/mol. The van der Waals surface area contributed by atoms with Crippen LogP contribution < -0.4 is 5.32 Å². The van der Waals surface area contributed by atoms with Gasteiger partial charge in [0, 0.05) is 13.2 Å². The fourth-order valence-corrected chi connectivity index (χ4v) is 1.01. The maximum atomic E-state index is 7.88. The van der Waals surface area contributed by atoms with Gasteiger partial charge in [0.1, 0.15) is 0 Å². The number of hydrogen-bond acceptors (Lipinski definition) is 2. The van der Waals surface area contributed by atoms with Gasteiger partial charge in [0.05, 0.1) is 0 Å². The lowest BCUT2D eigenvalue weighted by Crippen LogP contribution is -2.13. The van der Waals surface area contributed by atoms with Gasteiger partial charge in [-0.1, -0.05) is 44.2 Å². The van der Waals surface area contributed by atoms with Crippen molar-refractivity contribution in [3.05, 3.63) is 35.9 Å². The summed E-state index contributed by atoms with van der Waals surface area (Å²) < 4.78 is 0. The molecular weight excluding hydrogens is 186 g/mol. The van der Waals surface area contributed by atoms with Crippen LogP contribution in [0.2, 0.25) is 0 Å². The lowest BCUT2D eigenvalue weighted by Gasteiger charge is -2.01. The van der Waals surface area contributed by atoms with Gasteiger partial charge in [0.25, 0.3) is 0 Å². The molecule has 0 amide bonds. The molecule has 0 aliphatic carbocycles. The van der Waals surface area contributed by atoms with E-state index in [0.717, 1.165) is 19.5 Å². The maximum absolute atomic E-state index is 7.88. The van der Waals surface area contributed by atoms with E-state index in [-0.39, 0.29) is 0 Å². The topological polar surface area (TPSA) is 32.3 Å². The average molecular weight is 209 g/mol. The van der Waals surface area contributed by atoms with Crippen LogP contribution in [0.15, 0.2) is 30.3 Å². The zero-order valence-corrected chi connectivity index (χ0v) is 9.87. The minimum atomic E-state index is 0.319. The lowest BCUT2D eigenvalue weighted by molar-refractivity contribution is 0.295. The third kappa shape index (κ3) is 9.44. The van der Waals surface area contributed by atoms with E-state index in [1.54, 1.807) is 0 Å². The maximum Gasteiger partial charge on any atom is 0.0428 e. The van der Waals surface area contributed by atoms with Crippen LogP contribution in [0.3, 0.4) is 0 Å². The van der Waals surface area contributed by atoms with Gasteiger partial charge in [-0.05, 0) is 24.9 Å². The molecule has 0 saturated carbocycles. The average Bonchev–Trinajstić information content (AvgIpc) is 2.31. The molecule has 1 aromatic carbocycles. The molecular formula is C13H23NO. The third-order valence-electron chi connectivity index (χ3n) is 1.82. The van der Waals surface area contributed by atoms with Gasteiger partial charge in [-0.3, -0.25) is 0 Å². The van der Waals surface area contributed by atoms with Crippen LogP contribution in [-0.2, 0) is 6.54 Å². The summed E-state index contributed by atoms with van der Waals surface area (Å²) in [5, 5.41) is 11.2. The second-order valence-corrected chi connectivity index (χ2v) is 3.39. The minimum absolute atomic E-state index is 0.319. The highest BCUT2D eigenvalue weighted by Crippen LogP contribution is 1.96. The zero-order chi connectivity index (χ0) is 11.4. The number of rotatable bonds is 5. The predicted octanol–water partition coefficient (Wildman–Crippen LogP) is 2.57. The van der Waals surface area contributed by atoms with E-state index in [4.69, 9.17) is 5.11 Å². The standard InChI is InChI=1S/C10H15N.C3H8O/c1-2-8-11-9-10-6-4-3-5-7-10;1-2-3-4/h3-7,11H,2,8-9H2,1H3;4H,2-3H2,1H3. The van der Waals surface area contributed by atoms with E-state index in [1.165, 1.54) is 12.0 Å². The zero-order valence-electron chi connectivity index (χ0n) is 9.87. The van der Waals surface area contributed by atoms with Gasteiger partial charge < -0.3 is 10.4 Å². The van der Waals surface area contributed by atoms with Crippen molar-refractivity contribution in [3.8, 4) is 0 Å². The van der Waals surface area contributed by atoms with Gasteiger partial charge >= 0.3 is 0 Å². The molecule has 0 aromatic heterocycles.